The molecule has 0 aliphatic carbocycles. The molecule has 0 bridgehead atoms. The number of para-hydroxylation sites is 2. The van der Waals surface area contributed by atoms with Crippen LogP contribution in [-0.2, 0) is 9.53 Å². The van der Waals surface area contributed by atoms with Crippen molar-refractivity contribution in [1.82, 2.24) is 4.90 Å². The van der Waals surface area contributed by atoms with Gasteiger partial charge >= 0.3 is 0 Å². The summed E-state index contributed by atoms with van der Waals surface area (Å²) in [5.41, 5.74) is 6.23. The molecular formula is C13H18N2O4. The van der Waals surface area contributed by atoms with Crippen molar-refractivity contribution in [2.75, 3.05) is 38.7 Å². The van der Waals surface area contributed by atoms with Crippen LogP contribution in [0.3, 0.4) is 0 Å². The number of nitrogens with zero attached hydrogens (tertiary/aromatic N) is 1. The maximum absolute atomic E-state index is 12.0. The topological polar surface area (TPSA) is 85.0 Å². The first kappa shape index (κ1) is 13.6. The lowest BCUT2D eigenvalue weighted by Gasteiger charge is -2.34. The van der Waals surface area contributed by atoms with Crippen LogP contribution in [0.15, 0.2) is 24.3 Å². The number of hydrogen-bond donors (Lipinski definition) is 2. The zero-order valence-electron chi connectivity index (χ0n) is 10.6. The summed E-state index contributed by atoms with van der Waals surface area (Å²) in [5, 5.41) is 9.20. The van der Waals surface area contributed by atoms with Crippen LogP contribution < -0.4 is 10.5 Å². The Bertz CT molecular complexity index is 438. The van der Waals surface area contributed by atoms with Gasteiger partial charge in [-0.1, -0.05) is 12.1 Å². The highest BCUT2D eigenvalue weighted by molar-refractivity contribution is 5.78. The molecule has 0 saturated carbocycles. The third kappa shape index (κ3) is 3.36. The number of aliphatic hydroxyl groups excluding tert-OH is 1. The Balaban J connectivity index is 1.92. The van der Waals surface area contributed by atoms with Gasteiger partial charge in [0, 0.05) is 6.54 Å². The van der Waals surface area contributed by atoms with Gasteiger partial charge in [0.25, 0.3) is 5.91 Å². The molecule has 104 valence electrons. The van der Waals surface area contributed by atoms with Crippen LogP contribution in [0.5, 0.6) is 5.75 Å². The molecule has 1 heterocycles. The molecule has 1 amide bonds. The first-order valence-corrected chi connectivity index (χ1v) is 6.17. The molecule has 1 unspecified atom stereocenters. The van der Waals surface area contributed by atoms with Gasteiger partial charge in [0.15, 0.2) is 6.61 Å². The Morgan fingerprint density at radius 1 is 1.53 bits per heavy atom. The number of carbonyl (C=O) groups excluding carboxylic acids is 1. The molecule has 19 heavy (non-hydrogen) atoms. The number of benzene rings is 1. The largest absolute Gasteiger partial charge is 0.482 e. The number of aliphatic hydroxyl groups is 1. The lowest BCUT2D eigenvalue weighted by atomic mass is 10.2. The number of hydrogen-bond acceptors (Lipinski definition) is 5. The first-order chi connectivity index (χ1) is 9.22. The van der Waals surface area contributed by atoms with E-state index in [1.54, 1.807) is 29.2 Å². The molecule has 0 radical (unpaired) electrons. The second-order valence-corrected chi connectivity index (χ2v) is 4.32. The SMILES string of the molecule is Nc1ccccc1OCC(=O)N1CCOCC1CO. The van der Waals surface area contributed by atoms with E-state index in [0.29, 0.717) is 31.2 Å². The Labute approximate surface area is 111 Å². The van der Waals surface area contributed by atoms with Crippen LogP contribution in [0.4, 0.5) is 5.69 Å². The number of carbonyl (C=O) groups is 1. The lowest BCUT2D eigenvalue weighted by Crippen LogP contribution is -2.51. The predicted molar refractivity (Wildman–Crippen MR) is 69.8 cm³/mol. The average molecular weight is 266 g/mol. The molecule has 6 heteroatoms. The van der Waals surface area contributed by atoms with E-state index in [9.17, 15) is 9.90 Å². The summed E-state index contributed by atoms with van der Waals surface area (Å²) in [6.45, 7) is 1.10. The lowest BCUT2D eigenvalue weighted by molar-refractivity contribution is -0.143. The average Bonchev–Trinajstić information content (AvgIpc) is 2.46. The molecule has 1 aliphatic rings. The fourth-order valence-corrected chi connectivity index (χ4v) is 1.97. The number of amides is 1. The Morgan fingerprint density at radius 3 is 3.05 bits per heavy atom. The highest BCUT2D eigenvalue weighted by Gasteiger charge is 2.26. The highest BCUT2D eigenvalue weighted by Crippen LogP contribution is 2.19. The molecule has 1 aromatic carbocycles. The van der Waals surface area contributed by atoms with E-state index in [1.807, 2.05) is 0 Å². The van der Waals surface area contributed by atoms with Gasteiger partial charge in [0.2, 0.25) is 0 Å². The number of rotatable bonds is 4. The van der Waals surface area contributed by atoms with E-state index in [0.717, 1.165) is 0 Å². The minimum Gasteiger partial charge on any atom is -0.482 e. The summed E-state index contributed by atoms with van der Waals surface area (Å²) < 4.78 is 10.6. The zero-order valence-corrected chi connectivity index (χ0v) is 10.6. The standard InChI is InChI=1S/C13H18N2O4/c14-11-3-1-2-4-12(11)19-9-13(17)15-5-6-18-8-10(15)7-16/h1-4,10,16H,5-9,14H2. The van der Waals surface area contributed by atoms with Crippen molar-refractivity contribution in [3.05, 3.63) is 24.3 Å². The highest BCUT2D eigenvalue weighted by atomic mass is 16.5. The van der Waals surface area contributed by atoms with E-state index in [2.05, 4.69) is 0 Å². The molecule has 1 aliphatic heterocycles. The minimum absolute atomic E-state index is 0.0925. The summed E-state index contributed by atoms with van der Waals surface area (Å²) >= 11 is 0. The normalized spacial score (nSPS) is 19.2. The second-order valence-electron chi connectivity index (χ2n) is 4.32. The zero-order chi connectivity index (χ0) is 13.7. The van der Waals surface area contributed by atoms with Gasteiger partial charge < -0.3 is 25.2 Å². The van der Waals surface area contributed by atoms with E-state index in [-0.39, 0.29) is 25.2 Å². The van der Waals surface area contributed by atoms with Crippen LogP contribution in [0.1, 0.15) is 0 Å². The number of ether oxygens (including phenoxy) is 2. The van der Waals surface area contributed by atoms with Crippen LogP contribution >= 0.6 is 0 Å². The minimum atomic E-state index is -0.294. The third-order valence-electron chi connectivity index (χ3n) is 3.03. The van der Waals surface area contributed by atoms with E-state index < -0.39 is 0 Å². The molecule has 3 N–H and O–H groups in total. The van der Waals surface area contributed by atoms with Gasteiger partial charge in [-0.3, -0.25) is 4.79 Å². The summed E-state index contributed by atoms with van der Waals surface area (Å²) in [6.07, 6.45) is 0. The quantitative estimate of drug-likeness (QED) is 0.741. The fraction of sp³-hybridized carbons (Fsp3) is 0.462. The number of anilines is 1. The fourth-order valence-electron chi connectivity index (χ4n) is 1.97. The number of nitrogens with two attached hydrogens (primary N) is 1. The third-order valence-corrected chi connectivity index (χ3v) is 3.03. The van der Waals surface area contributed by atoms with Gasteiger partial charge in [-0.25, -0.2) is 0 Å². The Morgan fingerprint density at radius 2 is 2.32 bits per heavy atom. The maximum atomic E-state index is 12.0. The smallest absolute Gasteiger partial charge is 0.260 e. The van der Waals surface area contributed by atoms with Gasteiger partial charge in [-0.15, -0.1) is 0 Å². The van der Waals surface area contributed by atoms with Crippen molar-refractivity contribution >= 4 is 11.6 Å². The molecule has 6 nitrogen and oxygen atoms in total. The number of morpholine rings is 1. The summed E-state index contributed by atoms with van der Waals surface area (Å²) in [7, 11) is 0. The molecule has 0 aromatic heterocycles. The van der Waals surface area contributed by atoms with E-state index in [1.165, 1.54) is 0 Å². The van der Waals surface area contributed by atoms with Crippen LogP contribution in [0, 0.1) is 0 Å². The molecule has 1 aromatic rings. The van der Waals surface area contributed by atoms with Crippen molar-refractivity contribution in [1.29, 1.82) is 0 Å². The molecule has 2 rings (SSSR count). The van der Waals surface area contributed by atoms with Gasteiger partial charge in [0.1, 0.15) is 5.75 Å². The Kier molecular flexibility index (Phi) is 4.59. The molecule has 1 atom stereocenters. The van der Waals surface area contributed by atoms with Crippen molar-refractivity contribution in [3.8, 4) is 5.75 Å². The summed E-state index contributed by atoms with van der Waals surface area (Å²) in [4.78, 5) is 13.6. The first-order valence-electron chi connectivity index (χ1n) is 6.17. The molecule has 1 saturated heterocycles. The number of nitrogen functional groups attached to an aromatic ring is 1. The summed E-state index contributed by atoms with van der Waals surface area (Å²) in [5.74, 6) is 0.315. The predicted octanol–water partition coefficient (Wildman–Crippen LogP) is -0.133. The van der Waals surface area contributed by atoms with E-state index >= 15 is 0 Å². The van der Waals surface area contributed by atoms with Crippen molar-refractivity contribution in [3.63, 3.8) is 0 Å². The van der Waals surface area contributed by atoms with Gasteiger partial charge in [-0.05, 0) is 12.1 Å². The molecule has 0 spiro atoms. The van der Waals surface area contributed by atoms with E-state index in [4.69, 9.17) is 15.2 Å². The maximum Gasteiger partial charge on any atom is 0.260 e. The monoisotopic (exact) mass is 266 g/mol. The van der Waals surface area contributed by atoms with Crippen molar-refractivity contribution < 1.29 is 19.4 Å². The second kappa shape index (κ2) is 6.40. The van der Waals surface area contributed by atoms with Crippen LogP contribution in [0.2, 0.25) is 0 Å². The Hall–Kier alpha value is -1.79. The van der Waals surface area contributed by atoms with Crippen LogP contribution in [-0.4, -0.2) is 54.9 Å². The van der Waals surface area contributed by atoms with Crippen LogP contribution in [0.25, 0.3) is 0 Å². The molecule has 1 fully saturated rings. The summed E-state index contributed by atoms with van der Waals surface area (Å²) in [6, 6.07) is 6.73. The molecular weight excluding hydrogens is 248 g/mol. The van der Waals surface area contributed by atoms with Gasteiger partial charge in [-0.2, -0.15) is 0 Å². The van der Waals surface area contributed by atoms with Crippen molar-refractivity contribution in [2.45, 2.75) is 6.04 Å². The van der Waals surface area contributed by atoms with Crippen molar-refractivity contribution in [2.24, 2.45) is 0 Å². The van der Waals surface area contributed by atoms with Gasteiger partial charge in [0.05, 0.1) is 31.5 Å².